The molecule has 1 saturated heterocycles. The van der Waals surface area contributed by atoms with Crippen LogP contribution in [0.2, 0.25) is 0 Å². The molecule has 2 rings (SSSR count). The van der Waals surface area contributed by atoms with Crippen molar-refractivity contribution in [3.05, 3.63) is 29.1 Å². The van der Waals surface area contributed by atoms with Crippen molar-refractivity contribution in [1.29, 1.82) is 0 Å². The van der Waals surface area contributed by atoms with Crippen LogP contribution in [0.15, 0.2) is 12.1 Å². The Morgan fingerprint density at radius 2 is 2.00 bits per heavy atom. The van der Waals surface area contributed by atoms with Crippen LogP contribution in [0.5, 0.6) is 0 Å². The molecule has 21 heavy (non-hydrogen) atoms. The molecule has 1 aromatic rings. The van der Waals surface area contributed by atoms with Crippen molar-refractivity contribution in [2.75, 3.05) is 32.8 Å². The number of pyridine rings is 1. The van der Waals surface area contributed by atoms with Crippen LogP contribution in [0.3, 0.4) is 0 Å². The van der Waals surface area contributed by atoms with E-state index in [1.54, 1.807) is 6.07 Å². The molecule has 0 atom stereocenters. The maximum Gasteiger partial charge on any atom is 0.269 e. The third-order valence-electron chi connectivity index (χ3n) is 4.13. The van der Waals surface area contributed by atoms with Gasteiger partial charge in [-0.2, -0.15) is 0 Å². The van der Waals surface area contributed by atoms with Gasteiger partial charge in [-0.25, -0.2) is 4.98 Å². The Hall–Kier alpha value is -1.46. The number of hydrogen-bond acceptors (Lipinski definition) is 4. The molecule has 0 radical (unpaired) electrons. The number of ether oxygens (including phenoxy) is 1. The zero-order valence-electron chi connectivity index (χ0n) is 13.4. The summed E-state index contributed by atoms with van der Waals surface area (Å²) in [7, 11) is 0. The fraction of sp³-hybridized carbons (Fsp3) is 0.625. The molecule has 1 N–H and O–H groups in total. The fourth-order valence-corrected chi connectivity index (χ4v) is 2.42. The van der Waals surface area contributed by atoms with Gasteiger partial charge in [0.15, 0.2) is 0 Å². The number of hydrogen-bond donors (Lipinski definition) is 1. The van der Waals surface area contributed by atoms with Crippen molar-refractivity contribution < 1.29 is 9.53 Å². The Balaban J connectivity index is 1.94. The van der Waals surface area contributed by atoms with E-state index < -0.39 is 0 Å². The van der Waals surface area contributed by atoms with Crippen LogP contribution < -0.4 is 5.32 Å². The minimum absolute atomic E-state index is 0.0841. The summed E-state index contributed by atoms with van der Waals surface area (Å²) in [5.74, 6) is -0.112. The lowest BCUT2D eigenvalue weighted by Crippen LogP contribution is -2.55. The summed E-state index contributed by atoms with van der Waals surface area (Å²) in [6.45, 7) is 12.1. The molecule has 1 fully saturated rings. The maximum atomic E-state index is 12.2. The smallest absolute Gasteiger partial charge is 0.269 e. The van der Waals surface area contributed by atoms with E-state index >= 15 is 0 Å². The van der Waals surface area contributed by atoms with Gasteiger partial charge in [0.05, 0.1) is 13.2 Å². The number of aromatic nitrogens is 1. The first-order valence-corrected chi connectivity index (χ1v) is 7.45. The zero-order chi connectivity index (χ0) is 15.5. The minimum Gasteiger partial charge on any atom is -0.379 e. The number of amides is 1. The van der Waals surface area contributed by atoms with Crippen molar-refractivity contribution in [1.82, 2.24) is 15.2 Å². The Kier molecular flexibility index (Phi) is 4.96. The molecular formula is C16H25N3O2. The van der Waals surface area contributed by atoms with E-state index in [-0.39, 0.29) is 11.4 Å². The van der Waals surface area contributed by atoms with E-state index in [1.165, 1.54) is 0 Å². The molecule has 1 aliphatic heterocycles. The molecule has 2 heterocycles. The van der Waals surface area contributed by atoms with E-state index in [0.29, 0.717) is 12.2 Å². The van der Waals surface area contributed by atoms with Gasteiger partial charge in [0.1, 0.15) is 5.69 Å². The highest BCUT2D eigenvalue weighted by atomic mass is 16.5. The van der Waals surface area contributed by atoms with Gasteiger partial charge in [-0.3, -0.25) is 9.69 Å². The standard InChI is InChI=1S/C16H25N3O2/c1-12-5-6-14(18-13(12)2)15(20)17-11-16(3,4)19-7-9-21-10-8-19/h5-6H,7-11H2,1-4H3,(H,17,20). The number of carbonyl (C=O) groups is 1. The first kappa shape index (κ1) is 15.9. The molecule has 0 saturated carbocycles. The SMILES string of the molecule is Cc1ccc(C(=O)NCC(C)(C)N2CCOCC2)nc1C. The van der Waals surface area contributed by atoms with Crippen LogP contribution in [0.1, 0.15) is 35.6 Å². The van der Waals surface area contributed by atoms with Gasteiger partial charge in [-0.15, -0.1) is 0 Å². The molecule has 5 nitrogen and oxygen atoms in total. The van der Waals surface area contributed by atoms with Crippen LogP contribution in [-0.4, -0.2) is 54.2 Å². The lowest BCUT2D eigenvalue weighted by atomic mass is 10.0. The number of nitrogens with zero attached hydrogens (tertiary/aromatic N) is 2. The van der Waals surface area contributed by atoms with Gasteiger partial charge in [0.25, 0.3) is 5.91 Å². The van der Waals surface area contributed by atoms with Crippen LogP contribution in [0.4, 0.5) is 0 Å². The highest BCUT2D eigenvalue weighted by Gasteiger charge is 2.28. The summed E-state index contributed by atoms with van der Waals surface area (Å²) < 4.78 is 5.38. The summed E-state index contributed by atoms with van der Waals surface area (Å²) >= 11 is 0. The van der Waals surface area contributed by atoms with Crippen molar-refractivity contribution in [3.63, 3.8) is 0 Å². The normalized spacial score (nSPS) is 16.8. The Bertz CT molecular complexity index is 508. The third-order valence-corrected chi connectivity index (χ3v) is 4.13. The molecule has 0 bridgehead atoms. The average Bonchev–Trinajstić information content (AvgIpc) is 2.48. The second-order valence-corrected chi connectivity index (χ2v) is 6.19. The Morgan fingerprint density at radius 1 is 1.33 bits per heavy atom. The summed E-state index contributed by atoms with van der Waals surface area (Å²) in [4.78, 5) is 18.9. The average molecular weight is 291 g/mol. The third kappa shape index (κ3) is 4.02. The van der Waals surface area contributed by atoms with Crippen LogP contribution in [0, 0.1) is 13.8 Å². The Labute approximate surface area is 126 Å². The van der Waals surface area contributed by atoms with Crippen molar-refractivity contribution in [2.45, 2.75) is 33.2 Å². The van der Waals surface area contributed by atoms with Crippen LogP contribution in [0.25, 0.3) is 0 Å². The van der Waals surface area contributed by atoms with E-state index in [1.807, 2.05) is 19.9 Å². The highest BCUT2D eigenvalue weighted by molar-refractivity contribution is 5.92. The second-order valence-electron chi connectivity index (χ2n) is 6.19. The van der Waals surface area contributed by atoms with Gasteiger partial charge in [0.2, 0.25) is 0 Å². The summed E-state index contributed by atoms with van der Waals surface area (Å²) in [5, 5.41) is 3.00. The lowest BCUT2D eigenvalue weighted by molar-refractivity contribution is -0.00924. The minimum atomic E-state index is -0.112. The molecule has 1 amide bonds. The number of morpholine rings is 1. The summed E-state index contributed by atoms with van der Waals surface area (Å²) in [5.41, 5.74) is 2.39. The summed E-state index contributed by atoms with van der Waals surface area (Å²) in [6.07, 6.45) is 0. The molecular weight excluding hydrogens is 266 g/mol. The highest BCUT2D eigenvalue weighted by Crippen LogP contribution is 2.15. The molecule has 1 aromatic heterocycles. The van der Waals surface area contributed by atoms with E-state index in [2.05, 4.69) is 29.0 Å². The molecule has 0 aromatic carbocycles. The van der Waals surface area contributed by atoms with Gasteiger partial charge >= 0.3 is 0 Å². The summed E-state index contributed by atoms with van der Waals surface area (Å²) in [6, 6.07) is 3.71. The maximum absolute atomic E-state index is 12.2. The molecule has 0 unspecified atom stereocenters. The van der Waals surface area contributed by atoms with Crippen LogP contribution in [-0.2, 0) is 4.74 Å². The molecule has 5 heteroatoms. The quantitative estimate of drug-likeness (QED) is 0.914. The first-order valence-electron chi connectivity index (χ1n) is 7.45. The van der Waals surface area contributed by atoms with Gasteiger partial charge in [-0.05, 0) is 39.3 Å². The topological polar surface area (TPSA) is 54.5 Å². The fourth-order valence-electron chi connectivity index (χ4n) is 2.42. The monoisotopic (exact) mass is 291 g/mol. The lowest BCUT2D eigenvalue weighted by Gasteiger charge is -2.40. The van der Waals surface area contributed by atoms with Crippen molar-refractivity contribution >= 4 is 5.91 Å². The predicted molar refractivity (Wildman–Crippen MR) is 82.5 cm³/mol. The number of rotatable bonds is 4. The van der Waals surface area contributed by atoms with E-state index in [9.17, 15) is 4.79 Å². The van der Waals surface area contributed by atoms with Crippen molar-refractivity contribution in [2.24, 2.45) is 0 Å². The predicted octanol–water partition coefficient (Wildman–Crippen LogP) is 1.54. The first-order chi connectivity index (χ1) is 9.90. The van der Waals surface area contributed by atoms with Gasteiger partial charge < -0.3 is 10.1 Å². The van der Waals surface area contributed by atoms with E-state index in [0.717, 1.165) is 37.6 Å². The van der Waals surface area contributed by atoms with E-state index in [4.69, 9.17) is 4.74 Å². The van der Waals surface area contributed by atoms with Crippen molar-refractivity contribution in [3.8, 4) is 0 Å². The molecule has 0 aliphatic carbocycles. The van der Waals surface area contributed by atoms with Gasteiger partial charge in [-0.1, -0.05) is 6.07 Å². The number of nitrogens with one attached hydrogen (secondary N) is 1. The second kappa shape index (κ2) is 6.54. The zero-order valence-corrected chi connectivity index (χ0v) is 13.4. The Morgan fingerprint density at radius 3 is 2.62 bits per heavy atom. The molecule has 1 aliphatic rings. The molecule has 0 spiro atoms. The van der Waals surface area contributed by atoms with Gasteiger partial charge in [0, 0.05) is 30.9 Å². The number of aryl methyl sites for hydroxylation is 2. The number of carbonyl (C=O) groups excluding carboxylic acids is 1. The largest absolute Gasteiger partial charge is 0.379 e. The molecule has 116 valence electrons. The van der Waals surface area contributed by atoms with Crippen LogP contribution >= 0.6 is 0 Å².